The van der Waals surface area contributed by atoms with E-state index in [0.29, 0.717) is 17.4 Å². The highest BCUT2D eigenvalue weighted by Crippen LogP contribution is 2.38. The van der Waals surface area contributed by atoms with Crippen molar-refractivity contribution in [2.75, 3.05) is 13.1 Å². The Morgan fingerprint density at radius 3 is 2.37 bits per heavy atom. The van der Waals surface area contributed by atoms with Gasteiger partial charge in [-0.3, -0.25) is 0 Å². The zero-order valence-corrected chi connectivity index (χ0v) is 13.3. The normalized spacial score (nSPS) is 32.7. The van der Waals surface area contributed by atoms with Gasteiger partial charge in [0.25, 0.3) is 0 Å². The van der Waals surface area contributed by atoms with E-state index in [0.717, 1.165) is 6.04 Å². The van der Waals surface area contributed by atoms with Crippen molar-refractivity contribution in [1.29, 1.82) is 0 Å². The third kappa shape index (κ3) is 3.72. The molecule has 0 aromatic rings. The van der Waals surface area contributed by atoms with Crippen LogP contribution in [0.4, 0.5) is 0 Å². The summed E-state index contributed by atoms with van der Waals surface area (Å²) in [5, 5.41) is 0. The molecule has 2 rings (SSSR count). The van der Waals surface area contributed by atoms with E-state index in [1.54, 1.807) is 0 Å². The van der Waals surface area contributed by atoms with Gasteiger partial charge in [0, 0.05) is 18.6 Å². The molecule has 0 aliphatic heterocycles. The van der Waals surface area contributed by atoms with Crippen LogP contribution in [0.25, 0.3) is 0 Å². The van der Waals surface area contributed by atoms with Gasteiger partial charge in [-0.2, -0.15) is 0 Å². The summed E-state index contributed by atoms with van der Waals surface area (Å²) in [6.07, 6.45) is 11.2. The van der Waals surface area contributed by atoms with Crippen LogP contribution in [0.5, 0.6) is 0 Å². The van der Waals surface area contributed by atoms with Gasteiger partial charge in [0.2, 0.25) is 0 Å². The van der Waals surface area contributed by atoms with Crippen LogP contribution in [-0.4, -0.2) is 30.1 Å². The highest BCUT2D eigenvalue weighted by Gasteiger charge is 2.37. The number of rotatable bonds is 4. The van der Waals surface area contributed by atoms with E-state index in [9.17, 15) is 0 Å². The maximum absolute atomic E-state index is 6.56. The standard InChI is InChI=1S/C17H34N2/c1-4-19(15-10-6-5-7-11-15)13-14-9-8-12-17(2,3)16(14)18/h14-16H,4-13,18H2,1-3H3. The van der Waals surface area contributed by atoms with Crippen LogP contribution >= 0.6 is 0 Å². The highest BCUT2D eigenvalue weighted by atomic mass is 15.2. The lowest BCUT2D eigenvalue weighted by molar-refractivity contribution is 0.0755. The summed E-state index contributed by atoms with van der Waals surface area (Å²) in [7, 11) is 0. The van der Waals surface area contributed by atoms with Gasteiger partial charge >= 0.3 is 0 Å². The number of nitrogens with two attached hydrogens (primary N) is 1. The van der Waals surface area contributed by atoms with Crippen LogP contribution in [0.15, 0.2) is 0 Å². The minimum absolute atomic E-state index is 0.342. The summed E-state index contributed by atoms with van der Waals surface area (Å²) in [5.74, 6) is 0.714. The fourth-order valence-corrected chi connectivity index (χ4v) is 4.29. The topological polar surface area (TPSA) is 29.3 Å². The molecule has 2 atom stereocenters. The molecule has 112 valence electrons. The molecule has 0 aromatic heterocycles. The first-order chi connectivity index (χ1) is 9.04. The summed E-state index contributed by atoms with van der Waals surface area (Å²) < 4.78 is 0. The van der Waals surface area contributed by atoms with Crippen molar-refractivity contribution in [3.05, 3.63) is 0 Å². The first kappa shape index (κ1) is 15.3. The largest absolute Gasteiger partial charge is 0.327 e. The van der Waals surface area contributed by atoms with Gasteiger partial charge in [-0.15, -0.1) is 0 Å². The van der Waals surface area contributed by atoms with Crippen LogP contribution < -0.4 is 5.73 Å². The van der Waals surface area contributed by atoms with Crippen LogP contribution in [0.2, 0.25) is 0 Å². The predicted molar refractivity (Wildman–Crippen MR) is 83.2 cm³/mol. The van der Waals surface area contributed by atoms with Crippen LogP contribution in [0.3, 0.4) is 0 Å². The molecule has 0 bridgehead atoms. The first-order valence-corrected chi connectivity index (χ1v) is 8.54. The lowest BCUT2D eigenvalue weighted by atomic mass is 9.68. The summed E-state index contributed by atoms with van der Waals surface area (Å²) in [6.45, 7) is 9.50. The van der Waals surface area contributed by atoms with E-state index in [2.05, 4.69) is 25.7 Å². The van der Waals surface area contributed by atoms with Crippen LogP contribution in [0.1, 0.15) is 72.1 Å². The maximum atomic E-state index is 6.56. The van der Waals surface area contributed by atoms with Gasteiger partial charge in [-0.1, -0.05) is 46.5 Å². The fraction of sp³-hybridized carbons (Fsp3) is 1.00. The SMILES string of the molecule is CCN(CC1CCCC(C)(C)C1N)C1CCCCC1. The van der Waals surface area contributed by atoms with Crippen molar-refractivity contribution in [3.8, 4) is 0 Å². The molecule has 2 unspecified atom stereocenters. The molecule has 2 N–H and O–H groups in total. The molecule has 0 saturated heterocycles. The monoisotopic (exact) mass is 266 g/mol. The molecular formula is C17H34N2. The third-order valence-corrected chi connectivity index (χ3v) is 5.77. The van der Waals surface area contributed by atoms with E-state index >= 15 is 0 Å². The lowest BCUT2D eigenvalue weighted by Gasteiger charge is -2.45. The van der Waals surface area contributed by atoms with Crippen molar-refractivity contribution in [2.45, 2.75) is 84.2 Å². The van der Waals surface area contributed by atoms with E-state index in [1.165, 1.54) is 64.5 Å². The molecule has 0 amide bonds. The molecule has 2 heteroatoms. The average Bonchev–Trinajstić information content (AvgIpc) is 2.41. The van der Waals surface area contributed by atoms with Gasteiger partial charge < -0.3 is 10.6 Å². The molecule has 0 radical (unpaired) electrons. The van der Waals surface area contributed by atoms with Gasteiger partial charge in [0.15, 0.2) is 0 Å². The Hall–Kier alpha value is -0.0800. The molecule has 0 heterocycles. The number of hydrogen-bond acceptors (Lipinski definition) is 2. The summed E-state index contributed by atoms with van der Waals surface area (Å²) in [5.41, 5.74) is 6.90. The Balaban J connectivity index is 1.93. The Kier molecular flexibility index (Phi) is 5.30. The van der Waals surface area contributed by atoms with E-state index in [4.69, 9.17) is 5.73 Å². The quantitative estimate of drug-likeness (QED) is 0.838. The molecule has 2 fully saturated rings. The number of hydrogen-bond donors (Lipinski definition) is 1. The summed E-state index contributed by atoms with van der Waals surface area (Å²) in [4.78, 5) is 2.74. The summed E-state index contributed by atoms with van der Waals surface area (Å²) in [6, 6.07) is 1.23. The van der Waals surface area contributed by atoms with E-state index < -0.39 is 0 Å². The minimum Gasteiger partial charge on any atom is -0.327 e. The van der Waals surface area contributed by atoms with E-state index in [-0.39, 0.29) is 0 Å². The van der Waals surface area contributed by atoms with Crippen LogP contribution in [-0.2, 0) is 0 Å². The number of nitrogens with zero attached hydrogens (tertiary/aromatic N) is 1. The predicted octanol–water partition coefficient (Wildman–Crippen LogP) is 3.79. The Labute approximate surface area is 120 Å². The van der Waals surface area contributed by atoms with Gasteiger partial charge in [0.05, 0.1) is 0 Å². The second-order valence-corrected chi connectivity index (χ2v) is 7.55. The van der Waals surface area contributed by atoms with E-state index in [1.807, 2.05) is 0 Å². The molecule has 2 aliphatic rings. The van der Waals surface area contributed by atoms with Crippen molar-refractivity contribution >= 4 is 0 Å². The third-order valence-electron chi connectivity index (χ3n) is 5.77. The van der Waals surface area contributed by atoms with Crippen molar-refractivity contribution in [3.63, 3.8) is 0 Å². The molecule has 2 nitrogen and oxygen atoms in total. The first-order valence-electron chi connectivity index (χ1n) is 8.54. The molecule has 0 aromatic carbocycles. The second kappa shape index (κ2) is 6.58. The molecule has 0 spiro atoms. The highest BCUT2D eigenvalue weighted by molar-refractivity contribution is 4.93. The summed E-state index contributed by atoms with van der Waals surface area (Å²) >= 11 is 0. The Morgan fingerprint density at radius 1 is 1.05 bits per heavy atom. The molecule has 2 saturated carbocycles. The Bertz CT molecular complexity index is 268. The zero-order chi connectivity index (χ0) is 13.9. The lowest BCUT2D eigenvalue weighted by Crippen LogP contribution is -2.51. The minimum atomic E-state index is 0.342. The molecular weight excluding hydrogens is 232 g/mol. The van der Waals surface area contributed by atoms with Gasteiger partial charge in [0.1, 0.15) is 0 Å². The molecule has 19 heavy (non-hydrogen) atoms. The fourth-order valence-electron chi connectivity index (χ4n) is 4.29. The van der Waals surface area contributed by atoms with Gasteiger partial charge in [-0.05, 0) is 43.6 Å². The van der Waals surface area contributed by atoms with Crippen molar-refractivity contribution < 1.29 is 0 Å². The molecule has 2 aliphatic carbocycles. The zero-order valence-electron chi connectivity index (χ0n) is 13.3. The average molecular weight is 266 g/mol. The smallest absolute Gasteiger partial charge is 0.0131 e. The second-order valence-electron chi connectivity index (χ2n) is 7.55. The Morgan fingerprint density at radius 2 is 1.74 bits per heavy atom. The van der Waals surface area contributed by atoms with Gasteiger partial charge in [-0.25, -0.2) is 0 Å². The van der Waals surface area contributed by atoms with Crippen LogP contribution in [0, 0.1) is 11.3 Å². The van der Waals surface area contributed by atoms with Crippen molar-refractivity contribution in [2.24, 2.45) is 17.1 Å². The maximum Gasteiger partial charge on any atom is 0.0131 e. The van der Waals surface area contributed by atoms with Crippen molar-refractivity contribution in [1.82, 2.24) is 4.90 Å².